The number of nitrogens with zero attached hydrogens (tertiary/aromatic N) is 2. The maximum absolute atomic E-state index is 13.2. The van der Waals surface area contributed by atoms with E-state index in [9.17, 15) is 19.1 Å². The number of nitrogens with two attached hydrogens (primary N) is 1. The number of hydrogen-bond acceptors (Lipinski definition) is 4. The van der Waals surface area contributed by atoms with E-state index in [-0.39, 0.29) is 24.2 Å². The Kier molecular flexibility index (Phi) is 7.31. The number of amides is 2. The van der Waals surface area contributed by atoms with Crippen LogP contribution >= 0.6 is 0 Å². The fourth-order valence-corrected chi connectivity index (χ4v) is 4.51. The van der Waals surface area contributed by atoms with Crippen LogP contribution in [0.5, 0.6) is 0 Å². The molecule has 0 aliphatic carbocycles. The summed E-state index contributed by atoms with van der Waals surface area (Å²) in [6, 6.07) is 12.9. The minimum atomic E-state index is -1.21. The van der Waals surface area contributed by atoms with Crippen LogP contribution in [-0.4, -0.2) is 53.1 Å². The summed E-state index contributed by atoms with van der Waals surface area (Å²) in [5.41, 5.74) is 6.49. The van der Waals surface area contributed by atoms with E-state index in [1.807, 2.05) is 12.1 Å². The molecular formula is C25H32FN3O3. The number of likely N-dealkylation sites (tertiary alicyclic amines) is 1. The molecule has 1 aliphatic rings. The van der Waals surface area contributed by atoms with Crippen molar-refractivity contribution in [2.75, 3.05) is 24.5 Å². The number of ketones is 1. The van der Waals surface area contributed by atoms with Gasteiger partial charge in [0.25, 0.3) is 0 Å². The van der Waals surface area contributed by atoms with Crippen molar-refractivity contribution >= 4 is 17.5 Å². The van der Waals surface area contributed by atoms with Crippen molar-refractivity contribution in [3.63, 3.8) is 0 Å². The fourth-order valence-electron chi connectivity index (χ4n) is 4.51. The van der Waals surface area contributed by atoms with Crippen LogP contribution in [0, 0.1) is 5.82 Å². The molecule has 1 aliphatic heterocycles. The Morgan fingerprint density at radius 1 is 1.25 bits per heavy atom. The Hall–Kier alpha value is -2.77. The van der Waals surface area contributed by atoms with Gasteiger partial charge in [0.2, 0.25) is 0 Å². The SMILES string of the molecule is CC(=O)c1cccc(N(C[C@](C)(O)CN2CCC(c3ccc(F)cc3)CC2C)C(N)=O)c1. The third-order valence-corrected chi connectivity index (χ3v) is 6.23. The van der Waals surface area contributed by atoms with E-state index in [1.54, 1.807) is 31.2 Å². The molecule has 1 saturated heterocycles. The summed E-state index contributed by atoms with van der Waals surface area (Å²) in [5, 5.41) is 11.2. The Morgan fingerprint density at radius 2 is 1.94 bits per heavy atom. The second kappa shape index (κ2) is 9.79. The van der Waals surface area contributed by atoms with Crippen LogP contribution in [0.15, 0.2) is 48.5 Å². The summed E-state index contributed by atoms with van der Waals surface area (Å²) in [5.74, 6) is 0.00671. The Bertz CT molecular complexity index is 961. The van der Waals surface area contributed by atoms with Crippen LogP contribution in [0.4, 0.5) is 14.9 Å². The molecule has 7 heteroatoms. The first kappa shape index (κ1) is 23.9. The monoisotopic (exact) mass is 441 g/mol. The third-order valence-electron chi connectivity index (χ3n) is 6.23. The summed E-state index contributed by atoms with van der Waals surface area (Å²) < 4.78 is 13.2. The molecule has 2 amide bonds. The van der Waals surface area contributed by atoms with E-state index in [0.717, 1.165) is 24.9 Å². The highest BCUT2D eigenvalue weighted by Gasteiger charge is 2.34. The number of carbonyl (C=O) groups is 2. The first-order valence-corrected chi connectivity index (χ1v) is 11.0. The Balaban J connectivity index is 1.67. The van der Waals surface area contributed by atoms with E-state index in [2.05, 4.69) is 11.8 Å². The van der Waals surface area contributed by atoms with Crippen molar-refractivity contribution < 1.29 is 19.1 Å². The summed E-state index contributed by atoms with van der Waals surface area (Å²) in [6.07, 6.45) is 1.81. The number of Topliss-reactive ketones (excluding diaryl/α,β-unsaturated/α-hetero) is 1. The normalized spacial score (nSPS) is 21.0. The number of hydrogen-bond donors (Lipinski definition) is 2. The summed E-state index contributed by atoms with van der Waals surface area (Å²) in [4.78, 5) is 27.4. The van der Waals surface area contributed by atoms with Gasteiger partial charge in [-0.05, 0) is 75.9 Å². The maximum Gasteiger partial charge on any atom is 0.319 e. The molecule has 3 N–H and O–H groups in total. The molecule has 1 fully saturated rings. The Morgan fingerprint density at radius 3 is 2.53 bits per heavy atom. The second-order valence-corrected chi connectivity index (χ2v) is 9.12. The first-order chi connectivity index (χ1) is 15.1. The summed E-state index contributed by atoms with van der Waals surface area (Å²) in [7, 11) is 0. The molecule has 2 aromatic carbocycles. The zero-order chi connectivity index (χ0) is 23.5. The van der Waals surface area contributed by atoms with Crippen molar-refractivity contribution in [2.24, 2.45) is 5.73 Å². The highest BCUT2D eigenvalue weighted by atomic mass is 19.1. The van der Waals surface area contributed by atoms with Gasteiger partial charge in [-0.3, -0.25) is 14.6 Å². The average Bonchev–Trinajstić information content (AvgIpc) is 2.74. The van der Waals surface area contributed by atoms with Gasteiger partial charge >= 0.3 is 6.03 Å². The molecule has 2 aromatic rings. The number of aliphatic hydroxyl groups is 1. The molecule has 3 atom stereocenters. The second-order valence-electron chi connectivity index (χ2n) is 9.12. The standard InChI is InChI=1S/C25H32FN3O3/c1-17-13-21(19-7-9-22(26)10-8-19)11-12-28(17)15-25(3,32)16-29(24(27)31)23-6-4-5-20(14-23)18(2)30/h4-10,14,17,21,32H,11-13,15-16H2,1-3H3,(H2,27,31)/t17?,21?,25-/m1/s1. The van der Waals surface area contributed by atoms with E-state index in [0.29, 0.717) is 23.7 Å². The number of carbonyl (C=O) groups excluding carboxylic acids is 2. The van der Waals surface area contributed by atoms with Crippen LogP contribution in [0.1, 0.15) is 55.5 Å². The molecule has 1 heterocycles. The van der Waals surface area contributed by atoms with Gasteiger partial charge in [0, 0.05) is 23.8 Å². The van der Waals surface area contributed by atoms with Gasteiger partial charge in [-0.15, -0.1) is 0 Å². The molecule has 3 rings (SSSR count). The number of β-amino-alcohol motifs (C(OH)–C–C–N with tert-alkyl or cyclic N) is 1. The van der Waals surface area contributed by atoms with Gasteiger partial charge in [0.15, 0.2) is 5.78 Å². The predicted octanol–water partition coefficient (Wildman–Crippen LogP) is 3.93. The lowest BCUT2D eigenvalue weighted by atomic mass is 9.85. The number of primary amides is 1. The van der Waals surface area contributed by atoms with Crippen LogP contribution in [0.2, 0.25) is 0 Å². The molecule has 0 saturated carbocycles. The Labute approximate surface area is 188 Å². The van der Waals surface area contributed by atoms with Gasteiger partial charge in [-0.25, -0.2) is 9.18 Å². The van der Waals surface area contributed by atoms with Crippen LogP contribution in [-0.2, 0) is 0 Å². The van der Waals surface area contributed by atoms with Gasteiger partial charge in [-0.2, -0.15) is 0 Å². The molecule has 0 radical (unpaired) electrons. The minimum absolute atomic E-state index is 0.00824. The van der Waals surface area contributed by atoms with E-state index >= 15 is 0 Å². The molecule has 2 unspecified atom stereocenters. The van der Waals surface area contributed by atoms with E-state index in [4.69, 9.17) is 5.73 Å². The maximum atomic E-state index is 13.2. The van der Waals surface area contributed by atoms with Gasteiger partial charge in [0.1, 0.15) is 5.82 Å². The largest absolute Gasteiger partial charge is 0.387 e. The van der Waals surface area contributed by atoms with Crippen LogP contribution in [0.3, 0.4) is 0 Å². The van der Waals surface area contributed by atoms with E-state index in [1.165, 1.54) is 24.0 Å². The topological polar surface area (TPSA) is 86.9 Å². The lowest BCUT2D eigenvalue weighted by Gasteiger charge is -2.42. The van der Waals surface area contributed by atoms with Crippen molar-refractivity contribution in [3.8, 4) is 0 Å². The number of halogens is 1. The zero-order valence-corrected chi connectivity index (χ0v) is 18.9. The molecule has 6 nitrogen and oxygen atoms in total. The fraction of sp³-hybridized carbons (Fsp3) is 0.440. The number of urea groups is 1. The van der Waals surface area contributed by atoms with Crippen LogP contribution in [0.25, 0.3) is 0 Å². The van der Waals surface area contributed by atoms with E-state index < -0.39 is 11.6 Å². The molecule has 0 spiro atoms. The van der Waals surface area contributed by atoms with Crippen molar-refractivity contribution in [1.82, 2.24) is 4.90 Å². The lowest BCUT2D eigenvalue weighted by molar-refractivity contribution is 0.00332. The quantitative estimate of drug-likeness (QED) is 0.638. The molecule has 0 bridgehead atoms. The molecule has 172 valence electrons. The lowest BCUT2D eigenvalue weighted by Crippen LogP contribution is -2.54. The highest BCUT2D eigenvalue weighted by molar-refractivity contribution is 5.97. The number of rotatable bonds is 7. The van der Waals surface area contributed by atoms with Gasteiger partial charge < -0.3 is 10.8 Å². The number of piperidine rings is 1. The predicted molar refractivity (Wildman–Crippen MR) is 123 cm³/mol. The average molecular weight is 442 g/mol. The van der Waals surface area contributed by atoms with Gasteiger partial charge in [-0.1, -0.05) is 24.3 Å². The van der Waals surface area contributed by atoms with Crippen LogP contribution < -0.4 is 10.6 Å². The smallest absolute Gasteiger partial charge is 0.319 e. The van der Waals surface area contributed by atoms with Crippen molar-refractivity contribution in [1.29, 1.82) is 0 Å². The third kappa shape index (κ3) is 5.93. The molecule has 32 heavy (non-hydrogen) atoms. The molecule has 0 aromatic heterocycles. The summed E-state index contributed by atoms with van der Waals surface area (Å²) in [6.45, 7) is 6.44. The zero-order valence-electron chi connectivity index (χ0n) is 18.9. The van der Waals surface area contributed by atoms with Gasteiger partial charge in [0.05, 0.1) is 12.1 Å². The highest BCUT2D eigenvalue weighted by Crippen LogP contribution is 2.32. The number of anilines is 1. The first-order valence-electron chi connectivity index (χ1n) is 11.0. The minimum Gasteiger partial charge on any atom is -0.387 e. The number of benzene rings is 2. The summed E-state index contributed by atoms with van der Waals surface area (Å²) >= 11 is 0. The van der Waals surface area contributed by atoms with Crippen molar-refractivity contribution in [2.45, 2.75) is 51.2 Å². The van der Waals surface area contributed by atoms with Crippen molar-refractivity contribution in [3.05, 3.63) is 65.5 Å². The molecular weight excluding hydrogens is 409 g/mol.